The summed E-state index contributed by atoms with van der Waals surface area (Å²) in [5.74, 6) is -2.05. The van der Waals surface area contributed by atoms with Crippen molar-refractivity contribution < 1.29 is 19.8 Å². The van der Waals surface area contributed by atoms with Crippen molar-refractivity contribution in [3.05, 3.63) is 0 Å². The van der Waals surface area contributed by atoms with Gasteiger partial charge in [-0.3, -0.25) is 9.59 Å². The molecule has 0 saturated heterocycles. The first-order chi connectivity index (χ1) is 8.93. The Labute approximate surface area is 114 Å². The van der Waals surface area contributed by atoms with E-state index in [2.05, 4.69) is 5.32 Å². The Balaban J connectivity index is 2.71. The highest BCUT2D eigenvalue weighted by Crippen LogP contribution is 2.31. The van der Waals surface area contributed by atoms with Crippen LogP contribution >= 0.6 is 0 Å². The van der Waals surface area contributed by atoms with Gasteiger partial charge in [0, 0.05) is 12.1 Å². The lowest BCUT2D eigenvalue weighted by Crippen LogP contribution is -2.50. The molecule has 0 aromatic heterocycles. The Bertz CT molecular complexity index is 331. The zero-order chi connectivity index (χ0) is 14.5. The molecule has 0 aromatic rings. The van der Waals surface area contributed by atoms with Gasteiger partial charge < -0.3 is 15.5 Å². The van der Waals surface area contributed by atoms with Crippen molar-refractivity contribution in [2.45, 2.75) is 57.9 Å². The highest BCUT2D eigenvalue weighted by atomic mass is 16.4. The van der Waals surface area contributed by atoms with Crippen LogP contribution in [0.25, 0.3) is 0 Å². The Hall–Kier alpha value is -1.10. The molecule has 0 aliphatic heterocycles. The molecule has 0 bridgehead atoms. The third-order valence-electron chi connectivity index (χ3n) is 4.29. The summed E-state index contributed by atoms with van der Waals surface area (Å²) in [5, 5.41) is 21.2. The fraction of sp³-hybridized carbons (Fsp3) is 0.857. The summed E-state index contributed by atoms with van der Waals surface area (Å²) in [6.07, 6.45) is 4.20. The number of carbonyl (C=O) groups excluding carboxylic acids is 1. The lowest BCUT2D eigenvalue weighted by molar-refractivity contribution is -0.149. The molecule has 19 heavy (non-hydrogen) atoms. The number of carbonyl (C=O) groups is 2. The number of rotatable bonds is 6. The number of carboxylic acid groups (broad SMARTS) is 1. The zero-order valence-electron chi connectivity index (χ0n) is 11.8. The molecule has 5 heteroatoms. The number of aliphatic hydroxyl groups is 1. The Morgan fingerprint density at radius 2 is 1.84 bits per heavy atom. The third-order valence-corrected chi connectivity index (χ3v) is 4.29. The minimum absolute atomic E-state index is 0.0116. The smallest absolute Gasteiger partial charge is 0.307 e. The van der Waals surface area contributed by atoms with Crippen LogP contribution < -0.4 is 5.32 Å². The fourth-order valence-electron chi connectivity index (χ4n) is 2.70. The molecule has 1 fully saturated rings. The van der Waals surface area contributed by atoms with Crippen LogP contribution in [0.1, 0.15) is 52.4 Å². The van der Waals surface area contributed by atoms with Crippen molar-refractivity contribution in [1.82, 2.24) is 5.32 Å². The number of aliphatic hydroxyl groups excluding tert-OH is 1. The van der Waals surface area contributed by atoms with Crippen molar-refractivity contribution in [3.63, 3.8) is 0 Å². The Kier molecular flexibility index (Phi) is 5.79. The van der Waals surface area contributed by atoms with E-state index in [1.807, 2.05) is 13.8 Å². The van der Waals surface area contributed by atoms with Gasteiger partial charge in [0.2, 0.25) is 5.91 Å². The van der Waals surface area contributed by atoms with E-state index < -0.39 is 23.3 Å². The van der Waals surface area contributed by atoms with Gasteiger partial charge in [0.1, 0.15) is 0 Å². The number of amides is 1. The van der Waals surface area contributed by atoms with E-state index in [0.717, 1.165) is 12.8 Å². The molecule has 1 amide bonds. The van der Waals surface area contributed by atoms with Gasteiger partial charge in [0.05, 0.1) is 11.8 Å². The monoisotopic (exact) mass is 271 g/mol. The first-order valence-electron chi connectivity index (χ1n) is 7.09. The van der Waals surface area contributed by atoms with Gasteiger partial charge in [0.15, 0.2) is 0 Å². The summed E-state index contributed by atoms with van der Waals surface area (Å²) in [6, 6.07) is 0. The molecule has 3 atom stereocenters. The molecule has 1 saturated carbocycles. The third kappa shape index (κ3) is 4.20. The molecule has 0 heterocycles. The molecule has 110 valence electrons. The number of carboxylic acids is 1. The second-order valence-corrected chi connectivity index (χ2v) is 5.71. The van der Waals surface area contributed by atoms with E-state index in [4.69, 9.17) is 5.11 Å². The van der Waals surface area contributed by atoms with Gasteiger partial charge in [-0.15, -0.1) is 0 Å². The summed E-state index contributed by atoms with van der Waals surface area (Å²) < 4.78 is 0. The molecule has 1 rings (SSSR count). The zero-order valence-corrected chi connectivity index (χ0v) is 11.8. The lowest BCUT2D eigenvalue weighted by atomic mass is 9.78. The minimum Gasteiger partial charge on any atom is -0.481 e. The van der Waals surface area contributed by atoms with Crippen LogP contribution in [-0.4, -0.2) is 34.2 Å². The van der Waals surface area contributed by atoms with E-state index in [0.29, 0.717) is 25.7 Å². The average molecular weight is 271 g/mol. The van der Waals surface area contributed by atoms with Crippen LogP contribution in [0.15, 0.2) is 0 Å². The minimum atomic E-state index is -0.875. The standard InChI is InChI=1S/C14H25NO4/c1-3-14(2,8-9-16)15-12(17)10-6-4-5-7-11(10)13(18)19/h10-11,16H,3-9H2,1-2H3,(H,15,17)(H,18,19)/t10-,11+,14?/m1/s1. The molecule has 1 aliphatic rings. The van der Waals surface area contributed by atoms with Gasteiger partial charge in [0.25, 0.3) is 0 Å². The fourth-order valence-corrected chi connectivity index (χ4v) is 2.70. The van der Waals surface area contributed by atoms with Crippen molar-refractivity contribution >= 4 is 11.9 Å². The molecule has 5 nitrogen and oxygen atoms in total. The summed E-state index contributed by atoms with van der Waals surface area (Å²) >= 11 is 0. The summed E-state index contributed by atoms with van der Waals surface area (Å²) in [5.41, 5.74) is -0.452. The van der Waals surface area contributed by atoms with Gasteiger partial charge in [-0.1, -0.05) is 19.8 Å². The Morgan fingerprint density at radius 3 is 2.32 bits per heavy atom. The molecular formula is C14H25NO4. The molecular weight excluding hydrogens is 246 g/mol. The maximum Gasteiger partial charge on any atom is 0.307 e. The van der Waals surface area contributed by atoms with Crippen LogP contribution in [0.2, 0.25) is 0 Å². The second-order valence-electron chi connectivity index (χ2n) is 5.71. The van der Waals surface area contributed by atoms with Gasteiger partial charge in [-0.05, 0) is 32.6 Å². The molecule has 0 radical (unpaired) electrons. The molecule has 0 spiro atoms. The highest BCUT2D eigenvalue weighted by molar-refractivity contribution is 5.85. The van der Waals surface area contributed by atoms with Gasteiger partial charge in [-0.2, -0.15) is 0 Å². The summed E-state index contributed by atoms with van der Waals surface area (Å²) in [4.78, 5) is 23.5. The van der Waals surface area contributed by atoms with Crippen LogP contribution in [-0.2, 0) is 9.59 Å². The second kappa shape index (κ2) is 6.89. The summed E-state index contributed by atoms with van der Waals surface area (Å²) in [7, 11) is 0. The molecule has 1 aliphatic carbocycles. The van der Waals surface area contributed by atoms with Crippen LogP contribution in [0.4, 0.5) is 0 Å². The predicted molar refractivity (Wildman–Crippen MR) is 71.6 cm³/mol. The molecule has 3 N–H and O–H groups in total. The maximum atomic E-state index is 12.3. The van der Waals surface area contributed by atoms with E-state index >= 15 is 0 Å². The van der Waals surface area contributed by atoms with Crippen molar-refractivity contribution in [3.8, 4) is 0 Å². The SMILES string of the molecule is CCC(C)(CCO)NC(=O)[C@@H]1CCCC[C@@H]1C(=O)O. The van der Waals surface area contributed by atoms with Gasteiger partial charge >= 0.3 is 5.97 Å². The number of hydrogen-bond donors (Lipinski definition) is 3. The highest BCUT2D eigenvalue weighted by Gasteiger charge is 2.37. The normalized spacial score (nSPS) is 26.5. The first-order valence-corrected chi connectivity index (χ1v) is 7.09. The number of nitrogens with one attached hydrogen (secondary N) is 1. The average Bonchev–Trinajstić information content (AvgIpc) is 2.38. The van der Waals surface area contributed by atoms with Crippen LogP contribution in [0.3, 0.4) is 0 Å². The van der Waals surface area contributed by atoms with Crippen molar-refractivity contribution in [2.24, 2.45) is 11.8 Å². The van der Waals surface area contributed by atoms with Crippen LogP contribution in [0.5, 0.6) is 0 Å². The van der Waals surface area contributed by atoms with Crippen LogP contribution in [0, 0.1) is 11.8 Å². The van der Waals surface area contributed by atoms with E-state index in [1.54, 1.807) is 0 Å². The molecule has 1 unspecified atom stereocenters. The molecule has 0 aromatic carbocycles. The van der Waals surface area contributed by atoms with E-state index in [-0.39, 0.29) is 12.5 Å². The van der Waals surface area contributed by atoms with E-state index in [1.165, 1.54) is 0 Å². The number of hydrogen-bond acceptors (Lipinski definition) is 3. The number of aliphatic carboxylic acids is 1. The lowest BCUT2D eigenvalue weighted by Gasteiger charge is -2.34. The van der Waals surface area contributed by atoms with Gasteiger partial charge in [-0.25, -0.2) is 0 Å². The maximum absolute atomic E-state index is 12.3. The van der Waals surface area contributed by atoms with E-state index in [9.17, 15) is 14.7 Å². The largest absolute Gasteiger partial charge is 0.481 e. The van der Waals surface area contributed by atoms with Crippen molar-refractivity contribution in [2.75, 3.05) is 6.61 Å². The Morgan fingerprint density at radius 1 is 1.26 bits per heavy atom. The van der Waals surface area contributed by atoms with Crippen molar-refractivity contribution in [1.29, 1.82) is 0 Å². The first kappa shape index (κ1) is 16.0. The predicted octanol–water partition coefficient (Wildman–Crippen LogP) is 1.54. The topological polar surface area (TPSA) is 86.6 Å². The summed E-state index contributed by atoms with van der Waals surface area (Å²) in [6.45, 7) is 3.85. The quantitative estimate of drug-likeness (QED) is 0.684.